The highest BCUT2D eigenvalue weighted by atomic mass is 32.2. The molecule has 0 unspecified atom stereocenters. The molecule has 0 saturated heterocycles. The van der Waals surface area contributed by atoms with E-state index in [1.807, 2.05) is 12.1 Å². The molecule has 0 aliphatic rings. The van der Waals surface area contributed by atoms with Gasteiger partial charge in [0, 0.05) is 9.79 Å². The van der Waals surface area contributed by atoms with Crippen LogP contribution in [-0.2, 0) is 0 Å². The van der Waals surface area contributed by atoms with Crippen molar-refractivity contribution in [1.82, 2.24) is 0 Å². The molecule has 2 rings (SSSR count). The first-order chi connectivity index (χ1) is 9.13. The maximum Gasteiger partial charge on any atom is 0.133 e. The third kappa shape index (κ3) is 2.79. The number of benzene rings is 2. The Hall–Kier alpha value is -2.63. The molecule has 0 aromatic heterocycles. The molecule has 4 nitrogen and oxygen atoms in total. The van der Waals surface area contributed by atoms with Gasteiger partial charge in [0.05, 0.1) is 11.1 Å². The van der Waals surface area contributed by atoms with E-state index in [4.69, 9.17) is 10.5 Å². The summed E-state index contributed by atoms with van der Waals surface area (Å²) in [6.07, 6.45) is 0. The normalized spacial score (nSPS) is 9.58. The Morgan fingerprint density at radius 1 is 0.789 bits per heavy atom. The van der Waals surface area contributed by atoms with E-state index in [9.17, 15) is 10.2 Å². The quantitative estimate of drug-likeness (QED) is 0.874. The fourth-order valence-electron chi connectivity index (χ4n) is 1.47. The highest BCUT2D eigenvalue weighted by Crippen LogP contribution is 2.32. The van der Waals surface area contributed by atoms with Crippen molar-refractivity contribution in [2.45, 2.75) is 9.79 Å². The second-order valence-electron chi connectivity index (χ2n) is 3.68. The molecular formula is C14H8N2O2S. The van der Waals surface area contributed by atoms with Gasteiger partial charge in [-0.1, -0.05) is 11.8 Å². The van der Waals surface area contributed by atoms with Crippen molar-refractivity contribution < 1.29 is 10.2 Å². The van der Waals surface area contributed by atoms with E-state index in [0.29, 0.717) is 0 Å². The Bertz CT molecular complexity index is 653. The second kappa shape index (κ2) is 5.34. The Labute approximate surface area is 114 Å². The molecule has 0 amide bonds. The van der Waals surface area contributed by atoms with Crippen molar-refractivity contribution >= 4 is 11.8 Å². The summed E-state index contributed by atoms with van der Waals surface area (Å²) >= 11 is 1.34. The Kier molecular flexibility index (Phi) is 3.61. The first-order valence-electron chi connectivity index (χ1n) is 5.28. The van der Waals surface area contributed by atoms with Crippen LogP contribution in [0.2, 0.25) is 0 Å². The lowest BCUT2D eigenvalue weighted by Gasteiger charge is -2.04. The maximum absolute atomic E-state index is 9.41. The fraction of sp³-hybridized carbons (Fsp3) is 0. The number of hydrogen-bond acceptors (Lipinski definition) is 5. The number of phenols is 2. The van der Waals surface area contributed by atoms with Crippen LogP contribution in [0.25, 0.3) is 0 Å². The minimum atomic E-state index is -0.0599. The van der Waals surface area contributed by atoms with Gasteiger partial charge in [-0.15, -0.1) is 0 Å². The molecule has 0 heterocycles. The van der Waals surface area contributed by atoms with Crippen LogP contribution < -0.4 is 0 Å². The second-order valence-corrected chi connectivity index (χ2v) is 4.83. The third-order valence-corrected chi connectivity index (χ3v) is 3.39. The van der Waals surface area contributed by atoms with Gasteiger partial charge in [-0.05, 0) is 36.4 Å². The lowest BCUT2D eigenvalue weighted by molar-refractivity contribution is 0.472. The van der Waals surface area contributed by atoms with Gasteiger partial charge in [0.1, 0.15) is 23.6 Å². The lowest BCUT2D eigenvalue weighted by atomic mass is 10.2. The molecule has 2 N–H and O–H groups in total. The van der Waals surface area contributed by atoms with Gasteiger partial charge in [-0.25, -0.2) is 0 Å². The fourth-order valence-corrected chi connectivity index (χ4v) is 2.37. The predicted octanol–water partition coefficient (Wildman–Crippen LogP) is 2.99. The average molecular weight is 268 g/mol. The van der Waals surface area contributed by atoms with E-state index in [-0.39, 0.29) is 22.6 Å². The van der Waals surface area contributed by atoms with Crippen molar-refractivity contribution in [1.29, 1.82) is 10.5 Å². The van der Waals surface area contributed by atoms with Crippen molar-refractivity contribution in [3.05, 3.63) is 47.5 Å². The molecule has 5 heteroatoms. The maximum atomic E-state index is 9.41. The number of aromatic hydroxyl groups is 2. The summed E-state index contributed by atoms with van der Waals surface area (Å²) in [6.45, 7) is 0. The van der Waals surface area contributed by atoms with E-state index in [1.54, 1.807) is 24.3 Å². The topological polar surface area (TPSA) is 88.0 Å². The largest absolute Gasteiger partial charge is 0.507 e. The standard InChI is InChI=1S/C14H8N2O2S/c15-7-9-5-11(1-3-13(9)17)19-12-2-4-14(18)10(6-12)8-16/h1-6,17-18H. The highest BCUT2D eigenvalue weighted by Gasteiger charge is 2.06. The zero-order chi connectivity index (χ0) is 13.8. The van der Waals surface area contributed by atoms with Crippen LogP contribution in [0.3, 0.4) is 0 Å². The van der Waals surface area contributed by atoms with Crippen LogP contribution in [0, 0.1) is 22.7 Å². The summed E-state index contributed by atoms with van der Waals surface area (Å²) in [5.74, 6) is -0.120. The van der Waals surface area contributed by atoms with Gasteiger partial charge in [0.15, 0.2) is 0 Å². The van der Waals surface area contributed by atoms with Gasteiger partial charge in [0.25, 0.3) is 0 Å². The molecule has 0 aliphatic heterocycles. The summed E-state index contributed by atoms with van der Waals surface area (Å²) in [7, 11) is 0. The Morgan fingerprint density at radius 3 is 1.58 bits per heavy atom. The van der Waals surface area contributed by atoms with Gasteiger partial charge in [-0.2, -0.15) is 10.5 Å². The summed E-state index contributed by atoms with van der Waals surface area (Å²) in [4.78, 5) is 1.54. The van der Waals surface area contributed by atoms with Crippen molar-refractivity contribution in [2.24, 2.45) is 0 Å². The Balaban J connectivity index is 2.32. The first-order valence-corrected chi connectivity index (χ1v) is 6.10. The van der Waals surface area contributed by atoms with Crippen LogP contribution in [0.1, 0.15) is 11.1 Å². The predicted molar refractivity (Wildman–Crippen MR) is 69.8 cm³/mol. The van der Waals surface area contributed by atoms with Gasteiger partial charge < -0.3 is 10.2 Å². The van der Waals surface area contributed by atoms with Crippen LogP contribution >= 0.6 is 11.8 Å². The van der Waals surface area contributed by atoms with Gasteiger partial charge >= 0.3 is 0 Å². The molecule has 92 valence electrons. The highest BCUT2D eigenvalue weighted by molar-refractivity contribution is 7.99. The first kappa shape index (κ1) is 12.8. The summed E-state index contributed by atoms with van der Waals surface area (Å²) in [6, 6.07) is 13.2. The summed E-state index contributed by atoms with van der Waals surface area (Å²) in [5, 5.41) is 36.5. The molecule has 0 fully saturated rings. The van der Waals surface area contributed by atoms with E-state index in [2.05, 4.69) is 0 Å². The lowest BCUT2D eigenvalue weighted by Crippen LogP contribution is -1.81. The molecule has 0 aliphatic carbocycles. The molecule has 0 bridgehead atoms. The molecule has 2 aromatic rings. The minimum absolute atomic E-state index is 0.0599. The van der Waals surface area contributed by atoms with E-state index in [0.717, 1.165) is 9.79 Å². The molecule has 19 heavy (non-hydrogen) atoms. The monoisotopic (exact) mass is 268 g/mol. The van der Waals surface area contributed by atoms with Crippen molar-refractivity contribution in [3.8, 4) is 23.6 Å². The van der Waals surface area contributed by atoms with Crippen LogP contribution in [0.15, 0.2) is 46.2 Å². The van der Waals surface area contributed by atoms with Crippen molar-refractivity contribution in [2.75, 3.05) is 0 Å². The minimum Gasteiger partial charge on any atom is -0.507 e. The molecular weight excluding hydrogens is 260 g/mol. The van der Waals surface area contributed by atoms with Crippen LogP contribution in [0.4, 0.5) is 0 Å². The van der Waals surface area contributed by atoms with Crippen LogP contribution in [-0.4, -0.2) is 10.2 Å². The molecule has 0 saturated carbocycles. The van der Waals surface area contributed by atoms with Crippen molar-refractivity contribution in [3.63, 3.8) is 0 Å². The average Bonchev–Trinajstić information content (AvgIpc) is 2.43. The third-order valence-electron chi connectivity index (χ3n) is 2.41. The summed E-state index contributed by atoms with van der Waals surface area (Å²) < 4.78 is 0. The van der Waals surface area contributed by atoms with E-state index >= 15 is 0 Å². The number of phenolic OH excluding ortho intramolecular Hbond substituents is 2. The number of rotatable bonds is 2. The number of nitriles is 2. The van der Waals surface area contributed by atoms with Crippen LogP contribution in [0.5, 0.6) is 11.5 Å². The zero-order valence-corrected chi connectivity index (χ0v) is 10.5. The molecule has 0 atom stereocenters. The molecule has 0 spiro atoms. The molecule has 2 aromatic carbocycles. The zero-order valence-electron chi connectivity index (χ0n) is 9.66. The smallest absolute Gasteiger partial charge is 0.133 e. The number of hydrogen-bond donors (Lipinski definition) is 2. The van der Waals surface area contributed by atoms with E-state index in [1.165, 1.54) is 23.9 Å². The SMILES string of the molecule is N#Cc1cc(Sc2ccc(O)c(C#N)c2)ccc1O. The Morgan fingerprint density at radius 2 is 1.21 bits per heavy atom. The summed E-state index contributed by atoms with van der Waals surface area (Å²) in [5.41, 5.74) is 0.397. The van der Waals surface area contributed by atoms with Gasteiger partial charge in [-0.3, -0.25) is 0 Å². The molecule has 0 radical (unpaired) electrons. The van der Waals surface area contributed by atoms with E-state index < -0.39 is 0 Å². The van der Waals surface area contributed by atoms with Gasteiger partial charge in [0.2, 0.25) is 0 Å². The number of nitrogens with zero attached hydrogens (tertiary/aromatic N) is 2.